The standard InChI is InChI=1S/C10H14ClN3O3S/c1-10(3-4-18(15,16)5-10)14-9-7(17-2)8(11)12-6-13-9/h6H,3-5H2,1-2H3,(H,12,13,14). The Balaban J connectivity index is 2.28. The zero-order valence-corrected chi connectivity index (χ0v) is 11.7. The third kappa shape index (κ3) is 2.67. The van der Waals surface area contributed by atoms with Crippen LogP contribution < -0.4 is 10.1 Å². The molecule has 1 aliphatic rings. The van der Waals surface area contributed by atoms with Crippen molar-refractivity contribution in [2.75, 3.05) is 23.9 Å². The molecule has 1 fully saturated rings. The van der Waals surface area contributed by atoms with Crippen molar-refractivity contribution in [1.29, 1.82) is 0 Å². The van der Waals surface area contributed by atoms with Crippen LogP contribution in [-0.4, -0.2) is 42.5 Å². The number of nitrogens with zero attached hydrogens (tertiary/aromatic N) is 2. The molecule has 8 heteroatoms. The molecule has 0 radical (unpaired) electrons. The van der Waals surface area contributed by atoms with Gasteiger partial charge in [0.2, 0.25) is 0 Å². The minimum atomic E-state index is -2.98. The number of halogens is 1. The van der Waals surface area contributed by atoms with E-state index in [-0.39, 0.29) is 16.7 Å². The molecule has 1 unspecified atom stereocenters. The summed E-state index contributed by atoms with van der Waals surface area (Å²) in [5, 5.41) is 3.29. The normalized spacial score (nSPS) is 25.9. The van der Waals surface area contributed by atoms with Crippen molar-refractivity contribution in [2.24, 2.45) is 0 Å². The molecule has 1 atom stereocenters. The van der Waals surface area contributed by atoms with E-state index >= 15 is 0 Å². The molecule has 1 aliphatic heterocycles. The van der Waals surface area contributed by atoms with E-state index in [0.29, 0.717) is 18.0 Å². The molecule has 0 saturated carbocycles. The summed E-state index contributed by atoms with van der Waals surface area (Å²) in [5.41, 5.74) is -0.552. The second kappa shape index (κ2) is 4.55. The maximum atomic E-state index is 11.5. The maximum absolute atomic E-state index is 11.5. The summed E-state index contributed by atoms with van der Waals surface area (Å²) in [7, 11) is -1.52. The van der Waals surface area contributed by atoms with Crippen LogP contribution in [0.4, 0.5) is 5.82 Å². The molecule has 0 spiro atoms. The predicted molar refractivity (Wildman–Crippen MR) is 68.9 cm³/mol. The minimum Gasteiger partial charge on any atom is -0.490 e. The Hall–Kier alpha value is -1.08. The molecular formula is C10H14ClN3O3S. The molecule has 1 aromatic heterocycles. The van der Waals surface area contributed by atoms with Gasteiger partial charge < -0.3 is 10.1 Å². The molecule has 2 heterocycles. The third-order valence-corrected chi connectivity index (χ3v) is 5.06. The lowest BCUT2D eigenvalue weighted by molar-refractivity contribution is 0.410. The number of hydrogen-bond acceptors (Lipinski definition) is 6. The van der Waals surface area contributed by atoms with Crippen LogP contribution >= 0.6 is 11.6 Å². The largest absolute Gasteiger partial charge is 0.490 e. The number of nitrogens with one attached hydrogen (secondary N) is 1. The lowest BCUT2D eigenvalue weighted by Crippen LogP contribution is -2.36. The maximum Gasteiger partial charge on any atom is 0.198 e. The molecule has 0 bridgehead atoms. The number of rotatable bonds is 3. The van der Waals surface area contributed by atoms with E-state index in [2.05, 4.69) is 15.3 Å². The molecule has 1 N–H and O–H groups in total. The second-order valence-electron chi connectivity index (χ2n) is 4.57. The van der Waals surface area contributed by atoms with Crippen molar-refractivity contribution in [1.82, 2.24) is 9.97 Å². The fourth-order valence-corrected chi connectivity index (χ4v) is 4.32. The van der Waals surface area contributed by atoms with Gasteiger partial charge in [0.25, 0.3) is 0 Å². The van der Waals surface area contributed by atoms with Gasteiger partial charge in [0.15, 0.2) is 26.6 Å². The first kappa shape index (κ1) is 13.4. The molecule has 0 aromatic carbocycles. The summed E-state index contributed by atoms with van der Waals surface area (Å²) in [5.74, 6) is 0.990. The average molecular weight is 292 g/mol. The van der Waals surface area contributed by atoms with Gasteiger partial charge in [0, 0.05) is 0 Å². The quantitative estimate of drug-likeness (QED) is 0.841. The van der Waals surface area contributed by atoms with Crippen LogP contribution in [0.1, 0.15) is 13.3 Å². The lowest BCUT2D eigenvalue weighted by Gasteiger charge is -2.25. The average Bonchev–Trinajstić information content (AvgIpc) is 2.53. The van der Waals surface area contributed by atoms with Gasteiger partial charge in [0.05, 0.1) is 24.2 Å². The first-order valence-electron chi connectivity index (χ1n) is 5.38. The molecule has 18 heavy (non-hydrogen) atoms. The summed E-state index contributed by atoms with van der Waals surface area (Å²) in [6, 6.07) is 0. The summed E-state index contributed by atoms with van der Waals surface area (Å²) < 4.78 is 28.2. The third-order valence-electron chi connectivity index (χ3n) is 2.89. The van der Waals surface area contributed by atoms with E-state index in [0.717, 1.165) is 0 Å². The fourth-order valence-electron chi connectivity index (χ4n) is 2.02. The Labute approximate surface area is 111 Å². The van der Waals surface area contributed by atoms with Crippen molar-refractivity contribution >= 4 is 27.3 Å². The molecule has 6 nitrogen and oxygen atoms in total. The van der Waals surface area contributed by atoms with E-state index < -0.39 is 15.4 Å². The van der Waals surface area contributed by atoms with Crippen LogP contribution in [0.25, 0.3) is 0 Å². The molecular weight excluding hydrogens is 278 g/mol. The Morgan fingerprint density at radius 3 is 2.78 bits per heavy atom. The Morgan fingerprint density at radius 1 is 1.50 bits per heavy atom. The van der Waals surface area contributed by atoms with Crippen molar-refractivity contribution in [3.63, 3.8) is 0 Å². The van der Waals surface area contributed by atoms with Gasteiger partial charge in [-0.25, -0.2) is 18.4 Å². The van der Waals surface area contributed by atoms with Crippen LogP contribution in [0.3, 0.4) is 0 Å². The number of aromatic nitrogens is 2. The molecule has 2 rings (SSSR count). The summed E-state index contributed by atoms with van der Waals surface area (Å²) in [6.07, 6.45) is 1.83. The van der Waals surface area contributed by atoms with E-state index in [1.807, 2.05) is 6.92 Å². The zero-order valence-electron chi connectivity index (χ0n) is 10.1. The Kier molecular flexibility index (Phi) is 3.37. The second-order valence-corrected chi connectivity index (χ2v) is 7.12. The summed E-state index contributed by atoms with van der Waals surface area (Å²) >= 11 is 5.88. The van der Waals surface area contributed by atoms with Crippen molar-refractivity contribution in [3.05, 3.63) is 11.5 Å². The van der Waals surface area contributed by atoms with Crippen molar-refractivity contribution in [3.8, 4) is 5.75 Å². The first-order chi connectivity index (χ1) is 8.35. The summed E-state index contributed by atoms with van der Waals surface area (Å²) in [6.45, 7) is 1.84. The van der Waals surface area contributed by atoms with Gasteiger partial charge in [0.1, 0.15) is 6.33 Å². The van der Waals surface area contributed by atoms with Gasteiger partial charge in [-0.2, -0.15) is 0 Å². The molecule has 1 aromatic rings. The monoisotopic (exact) mass is 291 g/mol. The molecule has 1 saturated heterocycles. The highest BCUT2D eigenvalue weighted by atomic mass is 35.5. The van der Waals surface area contributed by atoms with Crippen LogP contribution in [0.5, 0.6) is 5.75 Å². The van der Waals surface area contributed by atoms with Gasteiger partial charge in [-0.1, -0.05) is 11.6 Å². The van der Waals surface area contributed by atoms with Gasteiger partial charge in [-0.3, -0.25) is 0 Å². The van der Waals surface area contributed by atoms with Crippen LogP contribution in [-0.2, 0) is 9.84 Å². The van der Waals surface area contributed by atoms with E-state index in [1.54, 1.807) is 0 Å². The number of ether oxygens (including phenoxy) is 1. The molecule has 0 amide bonds. The molecule has 0 aliphatic carbocycles. The first-order valence-corrected chi connectivity index (χ1v) is 7.58. The topological polar surface area (TPSA) is 81.2 Å². The summed E-state index contributed by atoms with van der Waals surface area (Å²) in [4.78, 5) is 7.85. The van der Waals surface area contributed by atoms with Gasteiger partial charge in [-0.05, 0) is 13.3 Å². The van der Waals surface area contributed by atoms with Crippen LogP contribution in [0, 0.1) is 0 Å². The Bertz CT molecular complexity index is 563. The number of hydrogen-bond donors (Lipinski definition) is 1. The van der Waals surface area contributed by atoms with Crippen LogP contribution in [0.2, 0.25) is 5.15 Å². The van der Waals surface area contributed by atoms with E-state index in [9.17, 15) is 8.42 Å². The highest BCUT2D eigenvalue weighted by Gasteiger charge is 2.39. The highest BCUT2D eigenvalue weighted by molar-refractivity contribution is 7.91. The Morgan fingerprint density at radius 2 is 2.22 bits per heavy atom. The van der Waals surface area contributed by atoms with E-state index in [4.69, 9.17) is 16.3 Å². The lowest BCUT2D eigenvalue weighted by atomic mass is 10.0. The molecule has 100 valence electrons. The van der Waals surface area contributed by atoms with Crippen molar-refractivity contribution < 1.29 is 13.2 Å². The van der Waals surface area contributed by atoms with Gasteiger partial charge in [-0.15, -0.1) is 0 Å². The van der Waals surface area contributed by atoms with Crippen molar-refractivity contribution in [2.45, 2.75) is 18.9 Å². The highest BCUT2D eigenvalue weighted by Crippen LogP contribution is 2.33. The number of sulfone groups is 1. The van der Waals surface area contributed by atoms with Gasteiger partial charge >= 0.3 is 0 Å². The number of methoxy groups -OCH3 is 1. The minimum absolute atomic E-state index is 0.0742. The zero-order chi connectivity index (χ0) is 13.4. The number of anilines is 1. The predicted octanol–water partition coefficient (Wildman–Crippen LogP) is 1.13. The smallest absolute Gasteiger partial charge is 0.198 e. The SMILES string of the molecule is COc1c(Cl)ncnc1NC1(C)CCS(=O)(=O)C1. The van der Waals surface area contributed by atoms with Crippen LogP contribution in [0.15, 0.2) is 6.33 Å². The van der Waals surface area contributed by atoms with E-state index in [1.165, 1.54) is 13.4 Å². The fraction of sp³-hybridized carbons (Fsp3) is 0.600.